The second kappa shape index (κ2) is 8.97. The van der Waals surface area contributed by atoms with Gasteiger partial charge in [0, 0.05) is 22.8 Å². The van der Waals surface area contributed by atoms with Crippen molar-refractivity contribution in [3.05, 3.63) is 101 Å². The van der Waals surface area contributed by atoms with Crippen LogP contribution in [0.25, 0.3) is 10.9 Å². The Bertz CT molecular complexity index is 1130. The Morgan fingerprint density at radius 2 is 1.83 bits per heavy atom. The summed E-state index contributed by atoms with van der Waals surface area (Å²) < 4.78 is 0. The number of aromatic nitrogens is 1. The standard InChI is InChI=1S/C26H26N2O2/c1-2-19-11-7-13-22-23(15-27-25(19)22)24(17-30)26(20-9-4-3-5-10-20)28-21-12-6-8-18(14-21)16-29/h3-15,17,24,26-29H,2,16H2,1H3. The highest BCUT2D eigenvalue weighted by atomic mass is 16.3. The minimum atomic E-state index is -0.383. The number of H-pyrrole nitrogens is 1. The number of carbonyl (C=O) groups excluding carboxylic acids is 1. The summed E-state index contributed by atoms with van der Waals surface area (Å²) in [6.07, 6.45) is 3.92. The molecule has 4 rings (SSSR count). The molecule has 3 N–H and O–H groups in total. The number of aromatic amines is 1. The zero-order valence-electron chi connectivity index (χ0n) is 17.0. The Labute approximate surface area is 176 Å². The number of hydrogen-bond donors (Lipinski definition) is 3. The van der Waals surface area contributed by atoms with Gasteiger partial charge in [0.05, 0.1) is 18.6 Å². The maximum absolute atomic E-state index is 12.4. The van der Waals surface area contributed by atoms with Crippen molar-refractivity contribution in [1.29, 1.82) is 0 Å². The summed E-state index contributed by atoms with van der Waals surface area (Å²) in [5, 5.41) is 14.1. The molecule has 2 unspecified atom stereocenters. The number of aryl methyl sites for hydroxylation is 1. The van der Waals surface area contributed by atoms with Gasteiger partial charge >= 0.3 is 0 Å². The van der Waals surface area contributed by atoms with Gasteiger partial charge in [0.25, 0.3) is 0 Å². The third kappa shape index (κ3) is 3.87. The van der Waals surface area contributed by atoms with Crippen LogP contribution in [-0.2, 0) is 17.8 Å². The molecular weight excluding hydrogens is 372 g/mol. The molecule has 0 saturated carbocycles. The van der Waals surface area contributed by atoms with Crippen molar-refractivity contribution in [2.24, 2.45) is 0 Å². The van der Waals surface area contributed by atoms with Crippen molar-refractivity contribution in [2.45, 2.75) is 31.9 Å². The Morgan fingerprint density at radius 3 is 2.57 bits per heavy atom. The van der Waals surface area contributed by atoms with Gasteiger partial charge in [0.15, 0.2) is 0 Å². The van der Waals surface area contributed by atoms with Crippen LogP contribution in [0.2, 0.25) is 0 Å². The lowest BCUT2D eigenvalue weighted by atomic mass is 9.87. The van der Waals surface area contributed by atoms with Gasteiger partial charge in [-0.05, 0) is 40.8 Å². The molecule has 0 spiro atoms. The summed E-state index contributed by atoms with van der Waals surface area (Å²) in [6, 6.07) is 23.7. The normalized spacial score (nSPS) is 13.1. The van der Waals surface area contributed by atoms with E-state index in [0.29, 0.717) is 0 Å². The van der Waals surface area contributed by atoms with Gasteiger partial charge in [0.1, 0.15) is 6.29 Å². The molecule has 1 aromatic heterocycles. The molecule has 3 aromatic carbocycles. The fourth-order valence-electron chi connectivity index (χ4n) is 4.12. The van der Waals surface area contributed by atoms with Crippen LogP contribution in [0.3, 0.4) is 0 Å². The molecule has 1 heterocycles. The summed E-state index contributed by atoms with van der Waals surface area (Å²) in [6.45, 7) is 2.11. The number of fused-ring (bicyclic) bond motifs is 1. The monoisotopic (exact) mass is 398 g/mol. The first-order valence-electron chi connectivity index (χ1n) is 10.3. The first-order chi connectivity index (χ1) is 14.7. The van der Waals surface area contributed by atoms with Gasteiger partial charge in [-0.25, -0.2) is 0 Å². The van der Waals surface area contributed by atoms with Crippen LogP contribution in [0.15, 0.2) is 79.0 Å². The lowest BCUT2D eigenvalue weighted by Crippen LogP contribution is -2.20. The lowest BCUT2D eigenvalue weighted by Gasteiger charge is -2.26. The molecule has 0 amide bonds. The Kier molecular flexibility index (Phi) is 5.96. The van der Waals surface area contributed by atoms with Gasteiger partial charge in [0.2, 0.25) is 0 Å². The van der Waals surface area contributed by atoms with E-state index < -0.39 is 0 Å². The fourth-order valence-corrected chi connectivity index (χ4v) is 4.12. The number of aldehydes is 1. The fraction of sp³-hybridized carbons (Fsp3) is 0.192. The third-order valence-electron chi connectivity index (χ3n) is 5.67. The minimum absolute atomic E-state index is 0.0229. The van der Waals surface area contributed by atoms with Gasteiger partial charge in [-0.15, -0.1) is 0 Å². The molecule has 0 saturated heterocycles. The largest absolute Gasteiger partial charge is 0.392 e. The molecule has 4 heteroatoms. The molecule has 4 aromatic rings. The zero-order chi connectivity index (χ0) is 20.9. The Morgan fingerprint density at radius 1 is 1.03 bits per heavy atom. The van der Waals surface area contributed by atoms with Gasteiger partial charge in [-0.1, -0.05) is 67.6 Å². The summed E-state index contributed by atoms with van der Waals surface area (Å²) in [5.41, 5.74) is 6.05. The predicted octanol–water partition coefficient (Wildman–Crippen LogP) is 5.36. The molecule has 0 fully saturated rings. The van der Waals surface area contributed by atoms with E-state index in [1.54, 1.807) is 0 Å². The van der Waals surface area contributed by atoms with E-state index in [4.69, 9.17) is 0 Å². The number of aliphatic hydroxyl groups excluding tert-OH is 1. The molecule has 30 heavy (non-hydrogen) atoms. The van der Waals surface area contributed by atoms with E-state index in [1.165, 1.54) is 5.56 Å². The number of benzene rings is 3. The molecule has 4 nitrogen and oxygen atoms in total. The second-order valence-electron chi connectivity index (χ2n) is 7.49. The summed E-state index contributed by atoms with van der Waals surface area (Å²) in [7, 11) is 0. The zero-order valence-corrected chi connectivity index (χ0v) is 17.0. The minimum Gasteiger partial charge on any atom is -0.392 e. The van der Waals surface area contributed by atoms with Crippen molar-refractivity contribution in [1.82, 2.24) is 4.98 Å². The number of nitrogens with one attached hydrogen (secondary N) is 2. The molecule has 0 aliphatic carbocycles. The predicted molar refractivity (Wildman–Crippen MR) is 122 cm³/mol. The van der Waals surface area contributed by atoms with Gasteiger partial charge < -0.3 is 20.2 Å². The number of rotatable bonds is 8. The van der Waals surface area contributed by atoms with E-state index in [2.05, 4.69) is 35.4 Å². The first-order valence-corrected chi connectivity index (χ1v) is 10.3. The van der Waals surface area contributed by atoms with E-state index in [0.717, 1.165) is 46.0 Å². The summed E-state index contributed by atoms with van der Waals surface area (Å²) >= 11 is 0. The van der Waals surface area contributed by atoms with Crippen LogP contribution in [0, 0.1) is 0 Å². The molecular formula is C26H26N2O2. The lowest BCUT2D eigenvalue weighted by molar-refractivity contribution is -0.109. The van der Waals surface area contributed by atoms with Crippen LogP contribution in [0.5, 0.6) is 0 Å². The molecule has 0 aliphatic heterocycles. The topological polar surface area (TPSA) is 65.1 Å². The van der Waals surface area contributed by atoms with Gasteiger partial charge in [-0.2, -0.15) is 0 Å². The summed E-state index contributed by atoms with van der Waals surface area (Å²) in [4.78, 5) is 15.8. The van der Waals surface area contributed by atoms with E-state index in [1.807, 2.05) is 60.8 Å². The SMILES string of the molecule is CCc1cccc2c(C(C=O)C(Nc3cccc(CO)c3)c3ccccc3)c[nH]c12. The van der Waals surface area contributed by atoms with Crippen molar-refractivity contribution in [3.8, 4) is 0 Å². The van der Waals surface area contributed by atoms with E-state index >= 15 is 0 Å². The summed E-state index contributed by atoms with van der Waals surface area (Å²) in [5.74, 6) is -0.383. The third-order valence-corrected chi connectivity index (χ3v) is 5.67. The van der Waals surface area contributed by atoms with Crippen LogP contribution < -0.4 is 5.32 Å². The Balaban J connectivity index is 1.80. The highest BCUT2D eigenvalue weighted by molar-refractivity contribution is 5.89. The number of carbonyl (C=O) groups is 1. The first kappa shape index (κ1) is 19.9. The molecule has 0 radical (unpaired) electrons. The molecule has 2 atom stereocenters. The molecule has 0 bridgehead atoms. The number of anilines is 1. The van der Waals surface area contributed by atoms with Crippen LogP contribution >= 0.6 is 0 Å². The second-order valence-corrected chi connectivity index (χ2v) is 7.49. The number of para-hydroxylation sites is 1. The average Bonchev–Trinajstić information content (AvgIpc) is 3.24. The number of hydrogen-bond acceptors (Lipinski definition) is 3. The van der Waals surface area contributed by atoms with Crippen molar-refractivity contribution in [3.63, 3.8) is 0 Å². The number of aliphatic hydroxyl groups is 1. The van der Waals surface area contributed by atoms with Crippen LogP contribution in [0.4, 0.5) is 5.69 Å². The van der Waals surface area contributed by atoms with Crippen molar-refractivity contribution in [2.75, 3.05) is 5.32 Å². The highest BCUT2D eigenvalue weighted by Crippen LogP contribution is 2.37. The van der Waals surface area contributed by atoms with Crippen molar-refractivity contribution >= 4 is 22.9 Å². The average molecular weight is 399 g/mol. The van der Waals surface area contributed by atoms with E-state index in [-0.39, 0.29) is 18.6 Å². The smallest absolute Gasteiger partial charge is 0.129 e. The highest BCUT2D eigenvalue weighted by Gasteiger charge is 2.27. The van der Waals surface area contributed by atoms with Gasteiger partial charge in [-0.3, -0.25) is 0 Å². The molecule has 152 valence electrons. The van der Waals surface area contributed by atoms with Crippen LogP contribution in [0.1, 0.15) is 41.1 Å². The maximum atomic E-state index is 12.4. The Hall–Kier alpha value is -3.37. The van der Waals surface area contributed by atoms with Crippen LogP contribution in [-0.4, -0.2) is 16.4 Å². The molecule has 0 aliphatic rings. The van der Waals surface area contributed by atoms with E-state index in [9.17, 15) is 9.90 Å². The quantitative estimate of drug-likeness (QED) is 0.350. The maximum Gasteiger partial charge on any atom is 0.129 e. The van der Waals surface area contributed by atoms with Crippen molar-refractivity contribution < 1.29 is 9.90 Å².